The van der Waals surface area contributed by atoms with Gasteiger partial charge in [-0.15, -0.1) is 6.58 Å². The zero-order valence-corrected chi connectivity index (χ0v) is 11.0. The van der Waals surface area contributed by atoms with Crippen molar-refractivity contribution in [1.82, 2.24) is 4.90 Å². The molecule has 0 saturated carbocycles. The minimum Gasteiger partial charge on any atom is -0.299 e. The third kappa shape index (κ3) is 2.44. The van der Waals surface area contributed by atoms with Crippen LogP contribution in [0.1, 0.15) is 25.8 Å². The lowest BCUT2D eigenvalue weighted by Gasteiger charge is -2.45. The number of hydrogen-bond donors (Lipinski definition) is 0. The molecule has 1 aliphatic heterocycles. The summed E-state index contributed by atoms with van der Waals surface area (Å²) in [5.41, 5.74) is 1.82. The van der Waals surface area contributed by atoms with E-state index in [1.165, 1.54) is 25.1 Å². The second kappa shape index (κ2) is 5.05. The lowest BCUT2D eigenvalue weighted by atomic mass is 9.68. The van der Waals surface area contributed by atoms with E-state index < -0.39 is 0 Å². The molecule has 17 heavy (non-hydrogen) atoms. The van der Waals surface area contributed by atoms with Crippen LogP contribution in [0.2, 0.25) is 0 Å². The number of nitrogens with zero attached hydrogens (tertiary/aromatic N) is 1. The van der Waals surface area contributed by atoms with Crippen LogP contribution >= 0.6 is 0 Å². The van der Waals surface area contributed by atoms with E-state index in [1.807, 2.05) is 6.08 Å². The van der Waals surface area contributed by atoms with Crippen molar-refractivity contribution >= 4 is 0 Å². The van der Waals surface area contributed by atoms with Crippen molar-refractivity contribution in [1.29, 1.82) is 0 Å². The number of rotatable bonds is 3. The Hall–Kier alpha value is -1.08. The summed E-state index contributed by atoms with van der Waals surface area (Å²) in [7, 11) is 0. The molecule has 0 N–H and O–H groups in total. The highest BCUT2D eigenvalue weighted by molar-refractivity contribution is 5.26. The molecular weight excluding hydrogens is 206 g/mol. The van der Waals surface area contributed by atoms with Gasteiger partial charge in [0, 0.05) is 13.1 Å². The molecule has 0 bridgehead atoms. The van der Waals surface area contributed by atoms with Crippen LogP contribution in [0.3, 0.4) is 0 Å². The van der Waals surface area contributed by atoms with Gasteiger partial charge in [-0.05, 0) is 29.9 Å². The van der Waals surface area contributed by atoms with E-state index in [0.717, 1.165) is 6.54 Å². The molecular formula is C16H23N. The maximum absolute atomic E-state index is 3.83. The van der Waals surface area contributed by atoms with E-state index in [1.54, 1.807) is 0 Å². The summed E-state index contributed by atoms with van der Waals surface area (Å²) in [6, 6.07) is 11.0. The van der Waals surface area contributed by atoms with Gasteiger partial charge in [0.25, 0.3) is 0 Å². The predicted octanol–water partition coefficient (Wildman–Crippen LogP) is 3.47. The fraction of sp³-hybridized carbons (Fsp3) is 0.500. The average Bonchev–Trinajstić information content (AvgIpc) is 2.35. The summed E-state index contributed by atoms with van der Waals surface area (Å²) in [5, 5.41) is 0. The molecule has 1 aromatic rings. The Kier molecular flexibility index (Phi) is 3.68. The smallest absolute Gasteiger partial charge is 0.0160 e. The van der Waals surface area contributed by atoms with Crippen LogP contribution in [0.4, 0.5) is 0 Å². The quantitative estimate of drug-likeness (QED) is 0.717. The van der Waals surface area contributed by atoms with Crippen molar-refractivity contribution in [2.24, 2.45) is 5.92 Å². The van der Waals surface area contributed by atoms with Crippen LogP contribution < -0.4 is 0 Å². The van der Waals surface area contributed by atoms with Gasteiger partial charge in [-0.2, -0.15) is 0 Å². The molecule has 92 valence electrons. The molecule has 1 aliphatic rings. The van der Waals surface area contributed by atoms with Crippen LogP contribution in [0.15, 0.2) is 43.0 Å². The van der Waals surface area contributed by atoms with Crippen LogP contribution in [0.25, 0.3) is 0 Å². The van der Waals surface area contributed by atoms with Crippen molar-refractivity contribution < 1.29 is 0 Å². The third-order valence-electron chi connectivity index (χ3n) is 4.39. The molecule has 1 heteroatoms. The first kappa shape index (κ1) is 12.4. The minimum atomic E-state index is 0.332. The topological polar surface area (TPSA) is 3.24 Å². The molecule has 1 saturated heterocycles. The lowest BCUT2D eigenvalue weighted by molar-refractivity contribution is 0.121. The Morgan fingerprint density at radius 1 is 1.41 bits per heavy atom. The van der Waals surface area contributed by atoms with Gasteiger partial charge >= 0.3 is 0 Å². The summed E-state index contributed by atoms with van der Waals surface area (Å²) >= 11 is 0. The highest BCUT2D eigenvalue weighted by atomic mass is 15.1. The second-order valence-corrected chi connectivity index (χ2v) is 5.48. The Balaban J connectivity index is 2.15. The Bertz CT molecular complexity index is 370. The van der Waals surface area contributed by atoms with E-state index >= 15 is 0 Å². The first-order valence-corrected chi connectivity index (χ1v) is 6.55. The van der Waals surface area contributed by atoms with Crippen LogP contribution in [-0.2, 0) is 5.41 Å². The molecule has 1 nitrogen and oxygen atoms in total. The zero-order chi connectivity index (χ0) is 12.3. The van der Waals surface area contributed by atoms with E-state index in [2.05, 4.69) is 55.7 Å². The van der Waals surface area contributed by atoms with Gasteiger partial charge < -0.3 is 0 Å². The van der Waals surface area contributed by atoms with Crippen molar-refractivity contribution in [3.05, 3.63) is 48.6 Å². The molecule has 0 aromatic heterocycles. The maximum atomic E-state index is 3.83. The molecule has 1 heterocycles. The minimum absolute atomic E-state index is 0.332. The van der Waals surface area contributed by atoms with Gasteiger partial charge in [0.2, 0.25) is 0 Å². The van der Waals surface area contributed by atoms with Crippen molar-refractivity contribution in [2.75, 3.05) is 19.6 Å². The second-order valence-electron chi connectivity index (χ2n) is 5.48. The Labute approximate surface area is 105 Å². The largest absolute Gasteiger partial charge is 0.299 e. The number of hydrogen-bond acceptors (Lipinski definition) is 1. The van der Waals surface area contributed by atoms with Gasteiger partial charge in [-0.25, -0.2) is 0 Å². The average molecular weight is 229 g/mol. The summed E-state index contributed by atoms with van der Waals surface area (Å²) < 4.78 is 0. The highest BCUT2D eigenvalue weighted by Gasteiger charge is 2.37. The van der Waals surface area contributed by atoms with Gasteiger partial charge in [0.15, 0.2) is 0 Å². The first-order chi connectivity index (χ1) is 8.16. The van der Waals surface area contributed by atoms with Crippen molar-refractivity contribution in [3.8, 4) is 0 Å². The molecule has 2 rings (SSSR count). The zero-order valence-electron chi connectivity index (χ0n) is 11.0. The predicted molar refractivity (Wildman–Crippen MR) is 74.2 cm³/mol. The Morgan fingerprint density at radius 3 is 2.71 bits per heavy atom. The standard InChI is InChI=1S/C16H23N/c1-4-11-17-12-10-16(3,14(2)13-17)15-8-6-5-7-9-15/h4-9,14H,1,10-13H2,2-3H3. The number of piperidine rings is 1. The molecule has 0 radical (unpaired) electrons. The Morgan fingerprint density at radius 2 is 2.12 bits per heavy atom. The maximum Gasteiger partial charge on any atom is 0.0160 e. The van der Waals surface area contributed by atoms with E-state index in [4.69, 9.17) is 0 Å². The van der Waals surface area contributed by atoms with E-state index in [-0.39, 0.29) is 0 Å². The fourth-order valence-corrected chi connectivity index (χ4v) is 2.91. The number of likely N-dealkylation sites (tertiary alicyclic amines) is 1. The molecule has 1 aromatic carbocycles. The normalized spacial score (nSPS) is 30.1. The van der Waals surface area contributed by atoms with Crippen LogP contribution in [-0.4, -0.2) is 24.5 Å². The summed E-state index contributed by atoms with van der Waals surface area (Å²) in [5.74, 6) is 0.693. The third-order valence-corrected chi connectivity index (χ3v) is 4.39. The van der Waals surface area contributed by atoms with Gasteiger partial charge in [-0.3, -0.25) is 4.90 Å². The number of benzene rings is 1. The molecule has 0 spiro atoms. The van der Waals surface area contributed by atoms with E-state index in [0.29, 0.717) is 11.3 Å². The lowest BCUT2D eigenvalue weighted by Crippen LogP contribution is -2.47. The summed E-state index contributed by atoms with van der Waals surface area (Å²) in [6.45, 7) is 12.0. The van der Waals surface area contributed by atoms with Crippen molar-refractivity contribution in [3.63, 3.8) is 0 Å². The van der Waals surface area contributed by atoms with Gasteiger partial charge in [-0.1, -0.05) is 50.3 Å². The van der Waals surface area contributed by atoms with Gasteiger partial charge in [0.1, 0.15) is 0 Å². The molecule has 2 unspecified atom stereocenters. The summed E-state index contributed by atoms with van der Waals surface area (Å²) in [6.07, 6.45) is 3.25. The van der Waals surface area contributed by atoms with Crippen LogP contribution in [0.5, 0.6) is 0 Å². The molecule has 1 fully saturated rings. The first-order valence-electron chi connectivity index (χ1n) is 6.55. The van der Waals surface area contributed by atoms with Gasteiger partial charge in [0.05, 0.1) is 0 Å². The molecule has 2 atom stereocenters. The van der Waals surface area contributed by atoms with Crippen LogP contribution in [0, 0.1) is 5.92 Å². The van der Waals surface area contributed by atoms with Crippen molar-refractivity contribution in [2.45, 2.75) is 25.7 Å². The van der Waals surface area contributed by atoms with E-state index in [9.17, 15) is 0 Å². The summed E-state index contributed by atoms with van der Waals surface area (Å²) in [4.78, 5) is 2.50. The molecule has 0 amide bonds. The highest BCUT2D eigenvalue weighted by Crippen LogP contribution is 2.38. The molecule has 0 aliphatic carbocycles. The fourth-order valence-electron chi connectivity index (χ4n) is 2.91. The monoisotopic (exact) mass is 229 g/mol. The SMILES string of the molecule is C=CCN1CCC(C)(c2ccccc2)C(C)C1.